The summed E-state index contributed by atoms with van der Waals surface area (Å²) in [7, 11) is -4.92. The van der Waals surface area contributed by atoms with Gasteiger partial charge in [-0.25, -0.2) is 4.28 Å². The molecule has 1 aromatic rings. The van der Waals surface area contributed by atoms with Crippen LogP contribution in [0.5, 0.6) is 0 Å². The molecule has 2 rings (SSSR count). The number of rotatable bonds is 7. The lowest BCUT2D eigenvalue weighted by molar-refractivity contribution is -0.205. The lowest BCUT2D eigenvalue weighted by Crippen LogP contribution is -2.57. The number of aliphatic hydroxyl groups excluding tert-OH is 5. The standard InChI is InChI=1S/C15H21NO10S2/c17-7-10-12(19)13(20)14(21)15(25-10)27-11(16-26-28(22,23)24)6-9(18)8-4-2-1-3-5-8/h1-5,9-10,12-15,17-21H,6-7H2,(H,22,23,24)/b16-11-/t9-,10-,12-,13+,14-,15+/m1/s1. The Labute approximate surface area is 165 Å². The van der Waals surface area contributed by atoms with Gasteiger partial charge in [0.25, 0.3) is 0 Å². The predicted octanol–water partition coefficient (Wildman–Crippen LogP) is -1.22. The van der Waals surface area contributed by atoms with E-state index < -0.39 is 53.0 Å². The summed E-state index contributed by atoms with van der Waals surface area (Å²) in [6, 6.07) is 8.31. The topological polar surface area (TPSA) is 186 Å². The number of aliphatic hydroxyl groups is 5. The summed E-state index contributed by atoms with van der Waals surface area (Å²) in [6.07, 6.45) is -7.43. The van der Waals surface area contributed by atoms with Gasteiger partial charge in [-0.05, 0) is 5.56 Å². The molecule has 13 heteroatoms. The third-order valence-corrected chi connectivity index (χ3v) is 5.28. The number of benzene rings is 1. The Morgan fingerprint density at radius 2 is 1.82 bits per heavy atom. The van der Waals surface area contributed by atoms with Crippen molar-refractivity contribution in [1.82, 2.24) is 0 Å². The number of nitrogens with zero attached hydrogens (tertiary/aromatic N) is 1. The fourth-order valence-corrected chi connectivity index (χ4v) is 3.79. The van der Waals surface area contributed by atoms with Crippen molar-refractivity contribution in [2.24, 2.45) is 5.16 Å². The van der Waals surface area contributed by atoms with Crippen LogP contribution in [0, 0.1) is 0 Å². The third-order valence-electron chi connectivity index (χ3n) is 3.89. The molecule has 11 nitrogen and oxygen atoms in total. The van der Waals surface area contributed by atoms with E-state index in [1.807, 2.05) is 0 Å². The number of thioether (sulfide) groups is 1. The SMILES string of the molecule is O=S(=O)(O)O/N=C(/C[C@@H](O)c1ccccc1)S[C@@H]1O[C@H](CO)[C@@H](O)[C@H](O)[C@H]1O. The number of ether oxygens (including phenoxy) is 1. The van der Waals surface area contributed by atoms with Gasteiger partial charge in [-0.15, -0.1) is 0 Å². The Bertz CT molecular complexity index is 757. The fourth-order valence-electron chi connectivity index (χ4n) is 2.45. The summed E-state index contributed by atoms with van der Waals surface area (Å²) >= 11 is 0.597. The van der Waals surface area contributed by atoms with E-state index in [0.29, 0.717) is 17.3 Å². The van der Waals surface area contributed by atoms with Crippen molar-refractivity contribution in [3.05, 3.63) is 35.9 Å². The Kier molecular flexibility index (Phi) is 8.18. The molecule has 0 saturated carbocycles. The van der Waals surface area contributed by atoms with Gasteiger partial charge in [-0.2, -0.15) is 8.42 Å². The van der Waals surface area contributed by atoms with E-state index in [-0.39, 0.29) is 11.5 Å². The zero-order valence-corrected chi connectivity index (χ0v) is 16.0. The van der Waals surface area contributed by atoms with Gasteiger partial charge >= 0.3 is 10.4 Å². The highest BCUT2D eigenvalue weighted by Crippen LogP contribution is 2.32. The van der Waals surface area contributed by atoms with Crippen LogP contribution in [0.2, 0.25) is 0 Å². The van der Waals surface area contributed by atoms with Crippen LogP contribution in [0.15, 0.2) is 35.5 Å². The maximum atomic E-state index is 10.8. The molecule has 6 N–H and O–H groups in total. The average molecular weight is 439 g/mol. The zero-order valence-electron chi connectivity index (χ0n) is 14.3. The second-order valence-electron chi connectivity index (χ2n) is 5.93. The van der Waals surface area contributed by atoms with Gasteiger partial charge in [0.15, 0.2) is 0 Å². The van der Waals surface area contributed by atoms with Crippen LogP contribution in [0.4, 0.5) is 0 Å². The number of hydrogen-bond acceptors (Lipinski definition) is 11. The average Bonchev–Trinajstić information content (AvgIpc) is 2.66. The van der Waals surface area contributed by atoms with Crippen molar-refractivity contribution < 1.29 is 47.5 Å². The first-order valence-corrected chi connectivity index (χ1v) is 10.3. The zero-order chi connectivity index (χ0) is 20.9. The first-order valence-electron chi connectivity index (χ1n) is 8.05. The minimum absolute atomic E-state index is 0.196. The molecule has 1 fully saturated rings. The van der Waals surface area contributed by atoms with Gasteiger partial charge < -0.3 is 30.3 Å². The highest BCUT2D eigenvalue weighted by atomic mass is 32.3. The smallest absolute Gasteiger partial charge is 0.394 e. The lowest BCUT2D eigenvalue weighted by Gasteiger charge is -2.39. The monoisotopic (exact) mass is 439 g/mol. The van der Waals surface area contributed by atoms with Crippen molar-refractivity contribution in [2.75, 3.05) is 6.61 Å². The molecule has 1 aliphatic heterocycles. The summed E-state index contributed by atoms with van der Waals surface area (Å²) in [5, 5.41) is 52.3. The first-order chi connectivity index (χ1) is 13.1. The van der Waals surface area contributed by atoms with E-state index in [0.717, 1.165) is 0 Å². The van der Waals surface area contributed by atoms with Gasteiger partial charge in [0.05, 0.1) is 12.7 Å². The van der Waals surface area contributed by atoms with Crippen LogP contribution in [-0.2, 0) is 19.4 Å². The van der Waals surface area contributed by atoms with Gasteiger partial charge in [0.1, 0.15) is 34.9 Å². The van der Waals surface area contributed by atoms with Crippen molar-refractivity contribution in [3.63, 3.8) is 0 Å². The second kappa shape index (κ2) is 9.96. The molecule has 28 heavy (non-hydrogen) atoms. The maximum absolute atomic E-state index is 10.8. The van der Waals surface area contributed by atoms with E-state index in [1.54, 1.807) is 30.3 Å². The largest absolute Gasteiger partial charge is 0.466 e. The molecule has 0 amide bonds. The molecule has 6 atom stereocenters. The molecule has 1 aliphatic rings. The molecule has 1 aromatic carbocycles. The minimum atomic E-state index is -4.92. The molecule has 0 unspecified atom stereocenters. The molecule has 1 saturated heterocycles. The number of oxime groups is 1. The Morgan fingerprint density at radius 3 is 2.39 bits per heavy atom. The predicted molar refractivity (Wildman–Crippen MR) is 97.4 cm³/mol. The van der Waals surface area contributed by atoms with Crippen molar-refractivity contribution in [3.8, 4) is 0 Å². The van der Waals surface area contributed by atoms with E-state index in [9.17, 15) is 34.0 Å². The van der Waals surface area contributed by atoms with Crippen LogP contribution in [-0.4, -0.2) is 80.0 Å². The highest BCUT2D eigenvalue weighted by molar-refractivity contribution is 8.14. The van der Waals surface area contributed by atoms with Crippen molar-refractivity contribution in [2.45, 2.75) is 42.4 Å². The molecule has 0 radical (unpaired) electrons. The highest BCUT2D eigenvalue weighted by Gasteiger charge is 2.44. The molecular formula is C15H21NO10S2. The van der Waals surface area contributed by atoms with Crippen LogP contribution in [0.25, 0.3) is 0 Å². The summed E-state index contributed by atoms with van der Waals surface area (Å²) in [6.45, 7) is -0.650. The third kappa shape index (κ3) is 6.37. The number of hydrogen-bond donors (Lipinski definition) is 6. The quantitative estimate of drug-likeness (QED) is 0.129. The molecule has 1 heterocycles. The van der Waals surface area contributed by atoms with Crippen molar-refractivity contribution in [1.29, 1.82) is 0 Å². The van der Waals surface area contributed by atoms with Gasteiger partial charge in [0, 0.05) is 6.42 Å². The summed E-state index contributed by atoms with van der Waals surface area (Å²) in [4.78, 5) is 0. The van der Waals surface area contributed by atoms with Crippen LogP contribution in [0.1, 0.15) is 18.1 Å². The molecule has 158 valence electrons. The summed E-state index contributed by atoms with van der Waals surface area (Å²) < 4.78 is 39.6. The van der Waals surface area contributed by atoms with Crippen molar-refractivity contribution >= 4 is 27.2 Å². The summed E-state index contributed by atoms with van der Waals surface area (Å²) in [5.74, 6) is 0. The lowest BCUT2D eigenvalue weighted by atomic mass is 10.0. The van der Waals surface area contributed by atoms with Crippen LogP contribution in [0.3, 0.4) is 0 Å². The Morgan fingerprint density at radius 1 is 1.18 bits per heavy atom. The fraction of sp³-hybridized carbons (Fsp3) is 0.533. The first kappa shape index (κ1) is 23.0. The molecular weight excluding hydrogens is 418 g/mol. The minimum Gasteiger partial charge on any atom is -0.394 e. The van der Waals surface area contributed by atoms with E-state index >= 15 is 0 Å². The van der Waals surface area contributed by atoms with E-state index in [4.69, 9.17) is 9.29 Å². The van der Waals surface area contributed by atoms with Crippen LogP contribution < -0.4 is 0 Å². The molecule has 0 aliphatic carbocycles. The molecule has 0 aromatic heterocycles. The molecule has 0 spiro atoms. The van der Waals surface area contributed by atoms with Gasteiger partial charge in [-0.3, -0.25) is 4.55 Å². The van der Waals surface area contributed by atoms with Gasteiger partial charge in [-0.1, -0.05) is 47.2 Å². The van der Waals surface area contributed by atoms with Gasteiger partial charge in [0.2, 0.25) is 0 Å². The van der Waals surface area contributed by atoms with E-state index in [2.05, 4.69) is 9.44 Å². The summed E-state index contributed by atoms with van der Waals surface area (Å²) in [5.41, 5.74) is -0.793. The van der Waals surface area contributed by atoms with Crippen LogP contribution >= 0.6 is 11.8 Å². The maximum Gasteiger partial charge on any atom is 0.466 e. The van der Waals surface area contributed by atoms with E-state index in [1.165, 1.54) is 0 Å². The Balaban J connectivity index is 2.19. The normalized spacial score (nSPS) is 30.1. The second-order valence-corrected chi connectivity index (χ2v) is 8.11. The molecule has 0 bridgehead atoms. The Hall–Kier alpha value is -1.29.